The average molecular weight is 274 g/mol. The average Bonchev–Trinajstić information content (AvgIpc) is 2.89. The third-order valence-electron chi connectivity index (χ3n) is 3.36. The van der Waals surface area contributed by atoms with E-state index in [1.165, 1.54) is 4.88 Å². The smallest absolute Gasteiger partial charge is 0.206 e. The molecule has 0 amide bonds. The summed E-state index contributed by atoms with van der Waals surface area (Å²) >= 11 is 1.56. The number of carbonyl (C=O) groups is 1. The Morgan fingerprint density at radius 1 is 1.21 bits per heavy atom. The lowest BCUT2D eigenvalue weighted by Crippen LogP contribution is -2.04. The van der Waals surface area contributed by atoms with Gasteiger partial charge in [0.2, 0.25) is 5.78 Å². The van der Waals surface area contributed by atoms with Gasteiger partial charge in [-0.15, -0.1) is 11.3 Å². The third-order valence-corrected chi connectivity index (χ3v) is 4.59. The highest BCUT2D eigenvalue weighted by molar-refractivity contribution is 7.14. The Morgan fingerprint density at radius 2 is 1.95 bits per heavy atom. The molecule has 19 heavy (non-hydrogen) atoms. The molecule has 0 fully saturated rings. The topological polar surface area (TPSA) is 26.3 Å². The standard InChI is InChI=1S/C16H18O2S/c1-5-12-7-9-14(19-12)15(17)13-8-6-10(2)11(3)16(13)18-4/h6-9H,5H2,1-4H3. The van der Waals surface area contributed by atoms with Gasteiger partial charge in [0.15, 0.2) is 0 Å². The number of thiophene rings is 1. The minimum Gasteiger partial charge on any atom is -0.496 e. The van der Waals surface area contributed by atoms with Gasteiger partial charge in [-0.25, -0.2) is 0 Å². The maximum atomic E-state index is 12.5. The van der Waals surface area contributed by atoms with Gasteiger partial charge < -0.3 is 4.74 Å². The maximum Gasteiger partial charge on any atom is 0.206 e. The predicted molar refractivity (Wildman–Crippen MR) is 79.6 cm³/mol. The molecule has 0 bridgehead atoms. The molecule has 1 aromatic carbocycles. The van der Waals surface area contributed by atoms with E-state index in [0.717, 1.165) is 22.4 Å². The van der Waals surface area contributed by atoms with Crippen LogP contribution in [0.2, 0.25) is 0 Å². The van der Waals surface area contributed by atoms with Crippen LogP contribution in [0.15, 0.2) is 24.3 Å². The van der Waals surface area contributed by atoms with Gasteiger partial charge in [-0.2, -0.15) is 0 Å². The molecule has 0 saturated carbocycles. The third kappa shape index (κ3) is 2.56. The fourth-order valence-electron chi connectivity index (χ4n) is 2.05. The fraction of sp³-hybridized carbons (Fsp3) is 0.312. The van der Waals surface area contributed by atoms with E-state index in [0.29, 0.717) is 11.3 Å². The van der Waals surface area contributed by atoms with E-state index < -0.39 is 0 Å². The van der Waals surface area contributed by atoms with Crippen LogP contribution in [0.5, 0.6) is 5.75 Å². The zero-order valence-electron chi connectivity index (χ0n) is 11.7. The van der Waals surface area contributed by atoms with Crippen molar-refractivity contribution in [3.8, 4) is 5.75 Å². The first-order valence-electron chi connectivity index (χ1n) is 6.36. The van der Waals surface area contributed by atoms with Crippen LogP contribution in [0.25, 0.3) is 0 Å². The number of rotatable bonds is 4. The Bertz CT molecular complexity index is 611. The summed E-state index contributed by atoms with van der Waals surface area (Å²) in [5, 5.41) is 0. The Hall–Kier alpha value is -1.61. The number of methoxy groups -OCH3 is 1. The van der Waals surface area contributed by atoms with Crippen molar-refractivity contribution < 1.29 is 9.53 Å². The summed E-state index contributed by atoms with van der Waals surface area (Å²) < 4.78 is 5.42. The van der Waals surface area contributed by atoms with Crippen molar-refractivity contribution in [2.24, 2.45) is 0 Å². The normalized spacial score (nSPS) is 10.5. The van der Waals surface area contributed by atoms with Gasteiger partial charge in [-0.1, -0.05) is 13.0 Å². The van der Waals surface area contributed by atoms with E-state index in [1.54, 1.807) is 18.4 Å². The zero-order chi connectivity index (χ0) is 14.0. The summed E-state index contributed by atoms with van der Waals surface area (Å²) in [6.07, 6.45) is 0.960. The van der Waals surface area contributed by atoms with Crippen LogP contribution in [0, 0.1) is 13.8 Å². The molecule has 1 heterocycles. The lowest BCUT2D eigenvalue weighted by atomic mass is 10.0. The predicted octanol–water partition coefficient (Wildman–Crippen LogP) is 4.17. The van der Waals surface area contributed by atoms with Crippen molar-refractivity contribution >= 4 is 17.1 Å². The van der Waals surface area contributed by atoms with Crippen LogP contribution in [-0.2, 0) is 6.42 Å². The first-order valence-corrected chi connectivity index (χ1v) is 7.17. The van der Waals surface area contributed by atoms with Crippen molar-refractivity contribution in [1.29, 1.82) is 0 Å². The van der Waals surface area contributed by atoms with Gasteiger partial charge in [0.05, 0.1) is 17.6 Å². The van der Waals surface area contributed by atoms with E-state index >= 15 is 0 Å². The van der Waals surface area contributed by atoms with E-state index in [-0.39, 0.29) is 5.78 Å². The first kappa shape index (κ1) is 13.8. The van der Waals surface area contributed by atoms with Crippen molar-refractivity contribution in [1.82, 2.24) is 0 Å². The highest BCUT2D eigenvalue weighted by atomic mass is 32.1. The van der Waals surface area contributed by atoms with Crippen LogP contribution >= 0.6 is 11.3 Å². The maximum absolute atomic E-state index is 12.5. The van der Waals surface area contributed by atoms with Crippen molar-refractivity contribution in [3.05, 3.63) is 50.7 Å². The van der Waals surface area contributed by atoms with Gasteiger partial charge in [0, 0.05) is 4.88 Å². The molecule has 2 rings (SSSR count). The minimum absolute atomic E-state index is 0.0460. The van der Waals surface area contributed by atoms with Gasteiger partial charge in [-0.05, 0) is 49.6 Å². The molecule has 0 aliphatic rings. The quantitative estimate of drug-likeness (QED) is 0.782. The van der Waals surface area contributed by atoms with Crippen LogP contribution in [0.1, 0.15) is 38.2 Å². The van der Waals surface area contributed by atoms with Gasteiger partial charge in [-0.3, -0.25) is 4.79 Å². The molecule has 0 unspecified atom stereocenters. The molecule has 0 N–H and O–H groups in total. The number of benzene rings is 1. The molecule has 0 aliphatic heterocycles. The zero-order valence-corrected chi connectivity index (χ0v) is 12.6. The highest BCUT2D eigenvalue weighted by Gasteiger charge is 2.18. The molecule has 3 heteroatoms. The molecule has 0 aliphatic carbocycles. The summed E-state index contributed by atoms with van der Waals surface area (Å²) in [6, 6.07) is 7.75. The van der Waals surface area contributed by atoms with Crippen LogP contribution < -0.4 is 4.74 Å². The van der Waals surface area contributed by atoms with E-state index in [1.807, 2.05) is 38.1 Å². The Kier molecular flexibility index (Phi) is 4.05. The number of hydrogen-bond acceptors (Lipinski definition) is 3. The minimum atomic E-state index is 0.0460. The lowest BCUT2D eigenvalue weighted by molar-refractivity contribution is 0.103. The Labute approximate surface area is 118 Å². The summed E-state index contributed by atoms with van der Waals surface area (Å²) in [6.45, 7) is 6.10. The molecular weight excluding hydrogens is 256 g/mol. The summed E-state index contributed by atoms with van der Waals surface area (Å²) in [5.41, 5.74) is 2.81. The van der Waals surface area contributed by atoms with Crippen molar-refractivity contribution in [2.45, 2.75) is 27.2 Å². The number of hydrogen-bond donors (Lipinski definition) is 0. The summed E-state index contributed by atoms with van der Waals surface area (Å²) in [4.78, 5) is 14.6. The number of ketones is 1. The molecule has 1 aromatic heterocycles. The molecule has 0 atom stereocenters. The molecule has 0 saturated heterocycles. The van der Waals surface area contributed by atoms with Crippen LogP contribution in [-0.4, -0.2) is 12.9 Å². The first-order chi connectivity index (χ1) is 9.08. The van der Waals surface area contributed by atoms with Gasteiger partial charge in [0.25, 0.3) is 0 Å². The Balaban J connectivity index is 2.46. The van der Waals surface area contributed by atoms with E-state index in [2.05, 4.69) is 6.92 Å². The second-order valence-electron chi connectivity index (χ2n) is 4.54. The second kappa shape index (κ2) is 5.57. The van der Waals surface area contributed by atoms with Crippen LogP contribution in [0.3, 0.4) is 0 Å². The second-order valence-corrected chi connectivity index (χ2v) is 5.71. The fourth-order valence-corrected chi connectivity index (χ4v) is 2.96. The molecule has 0 spiro atoms. The Morgan fingerprint density at radius 3 is 2.53 bits per heavy atom. The number of carbonyl (C=O) groups excluding carboxylic acids is 1. The molecule has 100 valence electrons. The summed E-state index contributed by atoms with van der Waals surface area (Å²) in [5.74, 6) is 0.737. The van der Waals surface area contributed by atoms with Crippen molar-refractivity contribution in [2.75, 3.05) is 7.11 Å². The molecule has 0 radical (unpaired) electrons. The number of aryl methyl sites for hydroxylation is 2. The monoisotopic (exact) mass is 274 g/mol. The van der Waals surface area contributed by atoms with E-state index in [4.69, 9.17) is 4.74 Å². The van der Waals surface area contributed by atoms with Crippen LogP contribution in [0.4, 0.5) is 0 Å². The molecule has 2 aromatic rings. The van der Waals surface area contributed by atoms with Crippen molar-refractivity contribution in [3.63, 3.8) is 0 Å². The lowest BCUT2D eigenvalue weighted by Gasteiger charge is -2.12. The molecule has 2 nitrogen and oxygen atoms in total. The summed E-state index contributed by atoms with van der Waals surface area (Å²) in [7, 11) is 1.62. The molecular formula is C16H18O2S. The highest BCUT2D eigenvalue weighted by Crippen LogP contribution is 2.30. The number of ether oxygens (including phenoxy) is 1. The van der Waals surface area contributed by atoms with E-state index in [9.17, 15) is 4.79 Å². The van der Waals surface area contributed by atoms with Gasteiger partial charge in [0.1, 0.15) is 5.75 Å². The van der Waals surface area contributed by atoms with Gasteiger partial charge >= 0.3 is 0 Å². The largest absolute Gasteiger partial charge is 0.496 e. The SMILES string of the molecule is CCc1ccc(C(=O)c2ccc(C)c(C)c2OC)s1.